The van der Waals surface area contributed by atoms with E-state index >= 15 is 0 Å². The molecule has 5 heteroatoms. The zero-order valence-corrected chi connectivity index (χ0v) is 11.9. The minimum atomic E-state index is -0.441. The zero-order chi connectivity index (χ0) is 14.0. The SMILES string of the molecule is CC(C)(C)c1cc(C[C@@H]2CC[C@H](O)[C@@H](CN)O2)no1. The smallest absolute Gasteiger partial charge is 0.142 e. The summed E-state index contributed by atoms with van der Waals surface area (Å²) in [6.07, 6.45) is 1.64. The molecule has 0 bridgehead atoms. The molecule has 3 N–H and O–H groups in total. The van der Waals surface area contributed by atoms with E-state index in [-0.39, 0.29) is 17.6 Å². The quantitative estimate of drug-likeness (QED) is 0.865. The highest BCUT2D eigenvalue weighted by atomic mass is 16.5. The van der Waals surface area contributed by atoms with E-state index in [1.807, 2.05) is 6.07 Å². The van der Waals surface area contributed by atoms with E-state index in [2.05, 4.69) is 25.9 Å². The zero-order valence-electron chi connectivity index (χ0n) is 11.9. The number of aliphatic hydroxyl groups excluding tert-OH is 1. The summed E-state index contributed by atoms with van der Waals surface area (Å²) in [6.45, 7) is 6.63. The van der Waals surface area contributed by atoms with Crippen LogP contribution in [0.4, 0.5) is 0 Å². The highest BCUT2D eigenvalue weighted by molar-refractivity contribution is 5.13. The molecule has 0 amide bonds. The predicted octanol–water partition coefficient (Wildman–Crippen LogP) is 1.38. The lowest BCUT2D eigenvalue weighted by atomic mass is 9.92. The second-order valence-corrected chi connectivity index (χ2v) is 6.31. The fourth-order valence-corrected chi connectivity index (χ4v) is 2.31. The monoisotopic (exact) mass is 268 g/mol. The van der Waals surface area contributed by atoms with E-state index in [9.17, 15) is 5.11 Å². The van der Waals surface area contributed by atoms with E-state index in [1.54, 1.807) is 0 Å². The number of nitrogens with zero attached hydrogens (tertiary/aromatic N) is 1. The molecule has 1 aliphatic rings. The number of nitrogens with two attached hydrogens (primary N) is 1. The van der Waals surface area contributed by atoms with Gasteiger partial charge in [0.05, 0.1) is 24.0 Å². The van der Waals surface area contributed by atoms with Crippen LogP contribution in [0.1, 0.15) is 45.1 Å². The standard InChI is InChI=1S/C14H24N2O3/c1-14(2,3)13-7-9(16-19-13)6-10-4-5-11(17)12(8-15)18-10/h7,10-12,17H,4-6,8,15H2,1-3H3/t10-,11-,12+/m0/s1. The molecule has 1 fully saturated rings. The van der Waals surface area contributed by atoms with Gasteiger partial charge in [-0.3, -0.25) is 0 Å². The van der Waals surface area contributed by atoms with Crippen LogP contribution in [0, 0.1) is 0 Å². The maximum absolute atomic E-state index is 9.72. The van der Waals surface area contributed by atoms with Crippen molar-refractivity contribution in [2.75, 3.05) is 6.54 Å². The van der Waals surface area contributed by atoms with Gasteiger partial charge in [-0.15, -0.1) is 0 Å². The Hall–Kier alpha value is -0.910. The van der Waals surface area contributed by atoms with Crippen LogP contribution in [-0.2, 0) is 16.6 Å². The Bertz CT molecular complexity index is 411. The van der Waals surface area contributed by atoms with E-state index in [0.717, 1.165) is 24.3 Å². The lowest BCUT2D eigenvalue weighted by Gasteiger charge is -2.32. The molecular weight excluding hydrogens is 244 g/mol. The summed E-state index contributed by atoms with van der Waals surface area (Å²) in [6, 6.07) is 1.99. The summed E-state index contributed by atoms with van der Waals surface area (Å²) in [7, 11) is 0. The molecule has 0 spiro atoms. The van der Waals surface area contributed by atoms with Gasteiger partial charge in [0.15, 0.2) is 0 Å². The summed E-state index contributed by atoms with van der Waals surface area (Å²) in [5.41, 5.74) is 6.46. The van der Waals surface area contributed by atoms with Gasteiger partial charge in [-0.1, -0.05) is 25.9 Å². The van der Waals surface area contributed by atoms with Gasteiger partial charge in [0, 0.05) is 24.4 Å². The molecular formula is C14H24N2O3. The number of aliphatic hydroxyl groups is 1. The first-order valence-corrected chi connectivity index (χ1v) is 6.90. The Morgan fingerprint density at radius 3 is 2.74 bits per heavy atom. The molecule has 1 aromatic heterocycles. The molecule has 0 unspecified atom stereocenters. The van der Waals surface area contributed by atoms with Crippen molar-refractivity contribution >= 4 is 0 Å². The minimum Gasteiger partial charge on any atom is -0.390 e. The van der Waals surface area contributed by atoms with Crippen LogP contribution < -0.4 is 5.73 Å². The number of aromatic nitrogens is 1. The molecule has 2 heterocycles. The molecule has 1 aliphatic heterocycles. The number of ether oxygens (including phenoxy) is 1. The van der Waals surface area contributed by atoms with Gasteiger partial charge in [-0.25, -0.2) is 0 Å². The van der Waals surface area contributed by atoms with Gasteiger partial charge in [-0.2, -0.15) is 0 Å². The molecule has 0 saturated carbocycles. The summed E-state index contributed by atoms with van der Waals surface area (Å²) in [5, 5.41) is 13.8. The molecule has 1 saturated heterocycles. The van der Waals surface area contributed by atoms with Gasteiger partial charge in [0.2, 0.25) is 0 Å². The first-order chi connectivity index (χ1) is 8.90. The highest BCUT2D eigenvalue weighted by Crippen LogP contribution is 2.25. The number of hydrogen-bond donors (Lipinski definition) is 2. The predicted molar refractivity (Wildman–Crippen MR) is 71.9 cm³/mol. The summed E-state index contributed by atoms with van der Waals surface area (Å²) in [4.78, 5) is 0. The average molecular weight is 268 g/mol. The van der Waals surface area contributed by atoms with Crippen LogP contribution in [0.25, 0.3) is 0 Å². The first-order valence-electron chi connectivity index (χ1n) is 6.90. The first kappa shape index (κ1) is 14.5. The normalized spacial score (nSPS) is 28.6. The van der Waals surface area contributed by atoms with Gasteiger partial charge >= 0.3 is 0 Å². The molecule has 2 rings (SSSR count). The maximum Gasteiger partial charge on any atom is 0.142 e. The average Bonchev–Trinajstić information content (AvgIpc) is 2.80. The van der Waals surface area contributed by atoms with E-state index in [0.29, 0.717) is 13.0 Å². The highest BCUT2D eigenvalue weighted by Gasteiger charge is 2.30. The number of rotatable bonds is 3. The lowest BCUT2D eigenvalue weighted by molar-refractivity contribution is -0.112. The topological polar surface area (TPSA) is 81.5 Å². The Balaban J connectivity index is 1.96. The third-order valence-electron chi connectivity index (χ3n) is 3.55. The minimum absolute atomic E-state index is 0.0331. The van der Waals surface area contributed by atoms with Crippen molar-refractivity contribution in [3.05, 3.63) is 17.5 Å². The Kier molecular flexibility index (Phi) is 4.28. The Labute approximate surface area is 114 Å². The molecule has 5 nitrogen and oxygen atoms in total. The second kappa shape index (κ2) is 5.61. The van der Waals surface area contributed by atoms with Crippen LogP contribution in [0.2, 0.25) is 0 Å². The van der Waals surface area contributed by atoms with Crippen molar-refractivity contribution in [2.45, 2.75) is 63.8 Å². The molecule has 108 valence electrons. The summed E-state index contributed by atoms with van der Waals surface area (Å²) in [5.74, 6) is 0.883. The Morgan fingerprint density at radius 1 is 1.42 bits per heavy atom. The maximum atomic E-state index is 9.72. The van der Waals surface area contributed by atoms with E-state index in [4.69, 9.17) is 15.0 Å². The van der Waals surface area contributed by atoms with E-state index < -0.39 is 6.10 Å². The number of hydrogen-bond acceptors (Lipinski definition) is 5. The van der Waals surface area contributed by atoms with Crippen molar-refractivity contribution < 1.29 is 14.4 Å². The fourth-order valence-electron chi connectivity index (χ4n) is 2.31. The summed E-state index contributed by atoms with van der Waals surface area (Å²) < 4.78 is 11.2. The molecule has 0 radical (unpaired) electrons. The largest absolute Gasteiger partial charge is 0.390 e. The third kappa shape index (κ3) is 3.55. The van der Waals surface area contributed by atoms with Crippen LogP contribution in [-0.4, -0.2) is 35.1 Å². The fraction of sp³-hybridized carbons (Fsp3) is 0.786. The van der Waals surface area contributed by atoms with Crippen molar-refractivity contribution in [1.29, 1.82) is 0 Å². The van der Waals surface area contributed by atoms with Crippen LogP contribution in [0.3, 0.4) is 0 Å². The Morgan fingerprint density at radius 2 is 2.16 bits per heavy atom. The van der Waals surface area contributed by atoms with Gasteiger partial charge < -0.3 is 20.1 Å². The second-order valence-electron chi connectivity index (χ2n) is 6.31. The van der Waals surface area contributed by atoms with Crippen LogP contribution in [0.5, 0.6) is 0 Å². The van der Waals surface area contributed by atoms with E-state index in [1.165, 1.54) is 0 Å². The lowest BCUT2D eigenvalue weighted by Crippen LogP contribution is -2.44. The molecule has 3 atom stereocenters. The van der Waals surface area contributed by atoms with Gasteiger partial charge in [0.25, 0.3) is 0 Å². The van der Waals surface area contributed by atoms with Crippen molar-refractivity contribution in [2.24, 2.45) is 5.73 Å². The summed E-state index contributed by atoms with van der Waals surface area (Å²) >= 11 is 0. The molecule has 19 heavy (non-hydrogen) atoms. The molecule has 1 aromatic rings. The van der Waals surface area contributed by atoms with Crippen LogP contribution in [0.15, 0.2) is 10.6 Å². The van der Waals surface area contributed by atoms with Crippen molar-refractivity contribution in [1.82, 2.24) is 5.16 Å². The van der Waals surface area contributed by atoms with Crippen molar-refractivity contribution in [3.8, 4) is 0 Å². The van der Waals surface area contributed by atoms with Gasteiger partial charge in [-0.05, 0) is 12.8 Å². The van der Waals surface area contributed by atoms with Crippen LogP contribution >= 0.6 is 0 Å². The molecule has 0 aromatic carbocycles. The third-order valence-corrected chi connectivity index (χ3v) is 3.55. The molecule has 0 aliphatic carbocycles. The van der Waals surface area contributed by atoms with Crippen molar-refractivity contribution in [3.63, 3.8) is 0 Å². The van der Waals surface area contributed by atoms with Gasteiger partial charge in [0.1, 0.15) is 5.76 Å².